The van der Waals surface area contributed by atoms with E-state index < -0.39 is 11.7 Å². The molecule has 0 fully saturated rings. The maximum atomic E-state index is 17.0. The van der Waals surface area contributed by atoms with Crippen LogP contribution >= 0.6 is 0 Å². The number of hydrogen-bond acceptors (Lipinski definition) is 11. The fourth-order valence-corrected chi connectivity index (χ4v) is 13.3. The van der Waals surface area contributed by atoms with Crippen LogP contribution in [0.2, 0.25) is 0 Å². The van der Waals surface area contributed by atoms with E-state index in [1.807, 2.05) is 114 Å². The molecule has 0 bridgehead atoms. The van der Waals surface area contributed by atoms with E-state index in [9.17, 15) is 42.1 Å². The summed E-state index contributed by atoms with van der Waals surface area (Å²) >= 11 is 0. The van der Waals surface area contributed by atoms with Gasteiger partial charge in [-0.15, -0.1) is 0 Å². The van der Waals surface area contributed by atoms with E-state index in [1.54, 1.807) is 102 Å². The number of rotatable bonds is 10. The standard InChI is InChI=1S/C84H40F3N13/c85-84(86,87)73-12-7-13-79(100-76-29-20-57(66-25-16-51(43-90)34-62(66)47-94)38-70(76)71-39-58(21-30-77(71)100)67-26-17-52(44-91)35-63(67)48-95)80(73)72-40-59(83-97-81(53-8-3-1-4-9-53)96-82(98-83)54-10-5-2-6-11-54)22-31-78(72)99-74-27-18-55(64-23-14-49(41-88)32-60(64)45-92)36-68(74)69-37-56(19-28-75(69)99)65-24-15-50(42-89)33-61(65)46-93/h1-40H. The van der Waals surface area contributed by atoms with Crippen LogP contribution in [-0.4, -0.2) is 24.1 Å². The van der Waals surface area contributed by atoms with Crippen LogP contribution in [0.25, 0.3) is 145 Å². The first kappa shape index (κ1) is 61.2. The summed E-state index contributed by atoms with van der Waals surface area (Å²) in [6, 6.07) is 86.2. The number of alkyl halides is 3. The Kier molecular flexibility index (Phi) is 15.1. The summed E-state index contributed by atoms with van der Waals surface area (Å²) in [6.45, 7) is 0. The molecule has 12 aromatic carbocycles. The normalized spacial score (nSPS) is 11.1. The highest BCUT2D eigenvalue weighted by molar-refractivity contribution is 6.14. The second-order valence-corrected chi connectivity index (χ2v) is 23.5. The Morgan fingerprint density at radius 3 is 0.930 bits per heavy atom. The molecule has 0 saturated carbocycles. The van der Waals surface area contributed by atoms with Crippen molar-refractivity contribution in [1.82, 2.24) is 24.1 Å². The molecular formula is C84H40F3N13. The topological polar surface area (TPSA) is 239 Å². The minimum absolute atomic E-state index is 0.0729. The van der Waals surface area contributed by atoms with Crippen molar-refractivity contribution in [2.24, 2.45) is 0 Å². The van der Waals surface area contributed by atoms with Crippen LogP contribution in [0.1, 0.15) is 50.1 Å². The molecule has 0 unspecified atom stereocenters. The van der Waals surface area contributed by atoms with Crippen molar-refractivity contribution >= 4 is 43.6 Å². The van der Waals surface area contributed by atoms with Gasteiger partial charge in [0.05, 0.1) is 132 Å². The zero-order valence-corrected chi connectivity index (χ0v) is 52.0. The Morgan fingerprint density at radius 2 is 0.600 bits per heavy atom. The van der Waals surface area contributed by atoms with Gasteiger partial charge in [-0.3, -0.25) is 0 Å². The maximum absolute atomic E-state index is 17.0. The molecule has 15 aromatic rings. The van der Waals surface area contributed by atoms with Gasteiger partial charge < -0.3 is 9.13 Å². The lowest BCUT2D eigenvalue weighted by atomic mass is 9.93. The summed E-state index contributed by atoms with van der Waals surface area (Å²) in [5.41, 5.74) is 9.13. The van der Waals surface area contributed by atoms with E-state index in [2.05, 4.69) is 48.6 Å². The number of fused-ring (bicyclic) bond motifs is 6. The highest BCUT2D eigenvalue weighted by atomic mass is 19.4. The number of nitrogens with zero attached hydrogens (tertiary/aromatic N) is 13. The van der Waals surface area contributed by atoms with Crippen molar-refractivity contribution in [3.05, 3.63) is 293 Å². The lowest BCUT2D eigenvalue weighted by Gasteiger charge is -2.23. The predicted molar refractivity (Wildman–Crippen MR) is 375 cm³/mol. The van der Waals surface area contributed by atoms with Gasteiger partial charge in [0.15, 0.2) is 17.5 Å². The van der Waals surface area contributed by atoms with E-state index in [4.69, 9.17) is 15.0 Å². The molecule has 0 aliphatic carbocycles. The smallest absolute Gasteiger partial charge is 0.309 e. The summed E-state index contributed by atoms with van der Waals surface area (Å²) in [5.74, 6) is 0.753. The molecule has 0 aliphatic heterocycles. The number of benzene rings is 12. The highest BCUT2D eigenvalue weighted by Gasteiger charge is 2.37. The predicted octanol–water partition coefficient (Wildman–Crippen LogP) is 19.4. The van der Waals surface area contributed by atoms with E-state index in [1.165, 1.54) is 30.3 Å². The van der Waals surface area contributed by atoms with Crippen molar-refractivity contribution in [3.63, 3.8) is 0 Å². The zero-order valence-electron chi connectivity index (χ0n) is 52.0. The summed E-state index contributed by atoms with van der Waals surface area (Å²) in [4.78, 5) is 15.1. The molecule has 13 nitrogen and oxygen atoms in total. The van der Waals surface area contributed by atoms with Crippen LogP contribution in [-0.2, 0) is 6.18 Å². The summed E-state index contributed by atoms with van der Waals surface area (Å²) < 4.78 is 54.7. The molecule has 0 amide bonds. The average Bonchev–Trinajstić information content (AvgIpc) is 1.52. The third kappa shape index (κ3) is 10.5. The van der Waals surface area contributed by atoms with Gasteiger partial charge in [-0.25, -0.2) is 15.0 Å². The second-order valence-electron chi connectivity index (χ2n) is 23.5. The number of hydrogen-bond donors (Lipinski definition) is 0. The van der Waals surface area contributed by atoms with Gasteiger partial charge in [0.2, 0.25) is 0 Å². The van der Waals surface area contributed by atoms with Gasteiger partial charge in [0, 0.05) is 49.4 Å². The lowest BCUT2D eigenvalue weighted by Crippen LogP contribution is -2.11. The van der Waals surface area contributed by atoms with Crippen LogP contribution in [0.3, 0.4) is 0 Å². The molecule has 3 heterocycles. The van der Waals surface area contributed by atoms with Gasteiger partial charge in [-0.1, -0.05) is 115 Å². The van der Waals surface area contributed by atoms with Crippen LogP contribution in [0.4, 0.5) is 13.2 Å². The Hall–Kier alpha value is -15.0. The average molecular weight is 1290 g/mol. The number of halogens is 3. The van der Waals surface area contributed by atoms with Gasteiger partial charge in [0.25, 0.3) is 0 Å². The third-order valence-corrected chi connectivity index (χ3v) is 17.9. The van der Waals surface area contributed by atoms with Crippen molar-refractivity contribution in [1.29, 1.82) is 42.1 Å². The van der Waals surface area contributed by atoms with E-state index in [0.29, 0.717) is 116 Å². The van der Waals surface area contributed by atoms with E-state index in [-0.39, 0.29) is 72.8 Å². The van der Waals surface area contributed by atoms with Crippen LogP contribution < -0.4 is 0 Å². The minimum atomic E-state index is -5.04. The third-order valence-electron chi connectivity index (χ3n) is 17.9. The van der Waals surface area contributed by atoms with Gasteiger partial charge in [0.1, 0.15) is 0 Å². The molecule has 16 heteroatoms. The first-order valence-electron chi connectivity index (χ1n) is 31.0. The van der Waals surface area contributed by atoms with Crippen LogP contribution in [0.5, 0.6) is 0 Å². The van der Waals surface area contributed by atoms with E-state index in [0.717, 1.165) is 6.07 Å². The Morgan fingerprint density at radius 1 is 0.270 bits per heavy atom. The molecule has 0 aliphatic rings. The Labute approximate surface area is 568 Å². The van der Waals surface area contributed by atoms with Gasteiger partial charge in [-0.2, -0.15) is 55.3 Å². The van der Waals surface area contributed by atoms with Crippen molar-refractivity contribution in [2.75, 3.05) is 0 Å². The quantitative estimate of drug-likeness (QED) is 0.125. The minimum Gasteiger partial charge on any atom is -0.309 e. The number of aromatic nitrogens is 5. The first-order valence-corrected chi connectivity index (χ1v) is 31.0. The molecule has 0 radical (unpaired) electrons. The first-order chi connectivity index (χ1) is 48.8. The Bertz CT molecular complexity index is 6060. The molecule has 0 atom stereocenters. The fourth-order valence-electron chi connectivity index (χ4n) is 13.3. The maximum Gasteiger partial charge on any atom is 0.417 e. The summed E-state index contributed by atoms with van der Waals surface area (Å²) in [7, 11) is 0. The second kappa shape index (κ2) is 24.7. The summed E-state index contributed by atoms with van der Waals surface area (Å²) in [5, 5.41) is 83.7. The number of nitriles is 8. The fraction of sp³-hybridized carbons (Fsp3) is 0.0119. The van der Waals surface area contributed by atoms with Crippen LogP contribution in [0.15, 0.2) is 243 Å². The van der Waals surface area contributed by atoms with Gasteiger partial charge in [-0.05, 0) is 172 Å². The summed E-state index contributed by atoms with van der Waals surface area (Å²) in [6.07, 6.45) is -5.04. The van der Waals surface area contributed by atoms with Crippen molar-refractivity contribution in [3.8, 4) is 150 Å². The van der Waals surface area contributed by atoms with E-state index >= 15 is 13.2 Å². The molecule has 100 heavy (non-hydrogen) atoms. The van der Waals surface area contributed by atoms with Crippen molar-refractivity contribution in [2.45, 2.75) is 6.18 Å². The molecule has 0 spiro atoms. The van der Waals surface area contributed by atoms with Crippen LogP contribution in [0, 0.1) is 90.6 Å². The largest absolute Gasteiger partial charge is 0.417 e. The molecule has 3 aromatic heterocycles. The lowest BCUT2D eigenvalue weighted by molar-refractivity contribution is -0.137. The molecule has 0 saturated heterocycles. The van der Waals surface area contributed by atoms with Crippen molar-refractivity contribution < 1.29 is 13.2 Å². The molecule has 15 rings (SSSR count). The van der Waals surface area contributed by atoms with Gasteiger partial charge >= 0.3 is 6.18 Å². The molecule has 462 valence electrons. The molecular weight excluding hydrogens is 1250 g/mol. The highest BCUT2D eigenvalue weighted by Crippen LogP contribution is 2.49. The SMILES string of the molecule is N#Cc1ccc(-c2ccc3c(c2)c2cc(-c4ccc(C#N)cc4C#N)ccc2n3-c2ccc(-c3nc(-c4ccccc4)nc(-c4ccccc4)n3)cc2-c2c(-n3c4ccc(-c5ccc(C#N)cc5C#N)cc4c4cc(-c5ccc(C#N)cc5C#N)ccc43)cccc2C(F)(F)F)c(C#N)c1. The monoisotopic (exact) mass is 1290 g/mol. The molecule has 0 N–H and O–H groups in total. The zero-order chi connectivity index (χ0) is 68.9. The Balaban J connectivity index is 1.07.